The van der Waals surface area contributed by atoms with Crippen molar-refractivity contribution in [1.29, 1.82) is 0 Å². The fourth-order valence-electron chi connectivity index (χ4n) is 1.49. The third-order valence-corrected chi connectivity index (χ3v) is 3.61. The van der Waals surface area contributed by atoms with Crippen LogP contribution in [-0.2, 0) is 6.54 Å². The molecule has 1 aromatic carbocycles. The number of hydrogen-bond donors (Lipinski definition) is 1. The Labute approximate surface area is 114 Å². The molecule has 90 valence electrons. The average molecular weight is 315 g/mol. The second-order valence-corrected chi connectivity index (χ2v) is 4.91. The van der Waals surface area contributed by atoms with Crippen molar-refractivity contribution in [3.05, 3.63) is 45.9 Å². The SMILES string of the molecule is CCNCc1cn(-c2ccc(Cl)c(Br)c2)cn1. The Morgan fingerprint density at radius 3 is 3.00 bits per heavy atom. The molecule has 17 heavy (non-hydrogen) atoms. The zero-order chi connectivity index (χ0) is 12.3. The van der Waals surface area contributed by atoms with Crippen molar-refractivity contribution in [2.75, 3.05) is 6.54 Å². The van der Waals surface area contributed by atoms with E-state index in [0.29, 0.717) is 5.02 Å². The van der Waals surface area contributed by atoms with E-state index in [0.717, 1.165) is 28.9 Å². The van der Waals surface area contributed by atoms with Crippen LogP contribution in [0, 0.1) is 0 Å². The first kappa shape index (κ1) is 12.6. The second kappa shape index (κ2) is 5.67. The van der Waals surface area contributed by atoms with Crippen LogP contribution in [0.1, 0.15) is 12.6 Å². The van der Waals surface area contributed by atoms with Crippen LogP contribution in [0.2, 0.25) is 5.02 Å². The van der Waals surface area contributed by atoms with Gasteiger partial charge in [-0.2, -0.15) is 0 Å². The van der Waals surface area contributed by atoms with Crippen molar-refractivity contribution in [2.45, 2.75) is 13.5 Å². The van der Waals surface area contributed by atoms with Crippen LogP contribution in [-0.4, -0.2) is 16.1 Å². The summed E-state index contributed by atoms with van der Waals surface area (Å²) in [5.41, 5.74) is 2.06. The van der Waals surface area contributed by atoms with Crippen LogP contribution in [0.25, 0.3) is 5.69 Å². The van der Waals surface area contributed by atoms with Gasteiger partial charge in [-0.05, 0) is 40.7 Å². The summed E-state index contributed by atoms with van der Waals surface area (Å²) in [4.78, 5) is 4.33. The number of benzene rings is 1. The quantitative estimate of drug-likeness (QED) is 0.937. The summed E-state index contributed by atoms with van der Waals surface area (Å²) in [6.45, 7) is 3.81. The van der Waals surface area contributed by atoms with E-state index in [1.165, 1.54) is 0 Å². The van der Waals surface area contributed by atoms with Crippen LogP contribution in [0.4, 0.5) is 0 Å². The molecule has 1 heterocycles. The molecule has 0 unspecified atom stereocenters. The summed E-state index contributed by atoms with van der Waals surface area (Å²) in [7, 11) is 0. The van der Waals surface area contributed by atoms with Crippen LogP contribution in [0.5, 0.6) is 0 Å². The summed E-state index contributed by atoms with van der Waals surface area (Å²) in [5, 5.41) is 3.95. The summed E-state index contributed by atoms with van der Waals surface area (Å²) >= 11 is 9.37. The minimum absolute atomic E-state index is 0.710. The zero-order valence-electron chi connectivity index (χ0n) is 9.45. The van der Waals surface area contributed by atoms with E-state index in [1.54, 1.807) is 0 Å². The van der Waals surface area contributed by atoms with Gasteiger partial charge in [0.2, 0.25) is 0 Å². The molecule has 0 saturated carbocycles. The predicted molar refractivity (Wildman–Crippen MR) is 73.7 cm³/mol. The van der Waals surface area contributed by atoms with E-state index in [-0.39, 0.29) is 0 Å². The van der Waals surface area contributed by atoms with Crippen LogP contribution in [0.15, 0.2) is 35.2 Å². The number of aromatic nitrogens is 2. The number of nitrogens with one attached hydrogen (secondary N) is 1. The summed E-state index contributed by atoms with van der Waals surface area (Å²) < 4.78 is 2.87. The van der Waals surface area contributed by atoms with Crippen LogP contribution in [0.3, 0.4) is 0 Å². The first-order chi connectivity index (χ1) is 8.20. The summed E-state index contributed by atoms with van der Waals surface area (Å²) in [6, 6.07) is 5.80. The van der Waals surface area contributed by atoms with E-state index in [2.05, 4.69) is 33.2 Å². The Hall–Kier alpha value is -0.840. The van der Waals surface area contributed by atoms with E-state index >= 15 is 0 Å². The van der Waals surface area contributed by atoms with Gasteiger partial charge in [0.25, 0.3) is 0 Å². The highest BCUT2D eigenvalue weighted by Crippen LogP contribution is 2.24. The molecule has 1 N–H and O–H groups in total. The highest BCUT2D eigenvalue weighted by molar-refractivity contribution is 9.10. The molecule has 0 amide bonds. The molecule has 5 heteroatoms. The second-order valence-electron chi connectivity index (χ2n) is 3.65. The largest absolute Gasteiger partial charge is 0.311 e. The molecule has 0 fully saturated rings. The Bertz CT molecular complexity index is 510. The molecule has 2 aromatic rings. The summed E-state index contributed by atoms with van der Waals surface area (Å²) in [6.07, 6.45) is 3.82. The van der Waals surface area contributed by atoms with Gasteiger partial charge in [0, 0.05) is 22.9 Å². The number of hydrogen-bond acceptors (Lipinski definition) is 2. The van der Waals surface area contributed by atoms with Crippen molar-refractivity contribution in [3.8, 4) is 5.69 Å². The van der Waals surface area contributed by atoms with Crippen LogP contribution >= 0.6 is 27.5 Å². The maximum Gasteiger partial charge on any atom is 0.0995 e. The first-order valence-electron chi connectivity index (χ1n) is 5.39. The molecule has 0 spiro atoms. The third-order valence-electron chi connectivity index (χ3n) is 2.39. The Morgan fingerprint density at radius 2 is 2.29 bits per heavy atom. The molecule has 1 aromatic heterocycles. The van der Waals surface area contributed by atoms with Crippen molar-refractivity contribution in [2.24, 2.45) is 0 Å². The molecule has 2 rings (SSSR count). The average Bonchev–Trinajstić information content (AvgIpc) is 2.79. The van der Waals surface area contributed by atoms with Gasteiger partial charge >= 0.3 is 0 Å². The molecule has 3 nitrogen and oxygen atoms in total. The molecule has 0 bridgehead atoms. The minimum atomic E-state index is 0.710. The van der Waals surface area contributed by atoms with Crippen molar-refractivity contribution in [3.63, 3.8) is 0 Å². The van der Waals surface area contributed by atoms with Gasteiger partial charge < -0.3 is 9.88 Å². The fraction of sp³-hybridized carbons (Fsp3) is 0.250. The van der Waals surface area contributed by atoms with Gasteiger partial charge in [0.1, 0.15) is 0 Å². The lowest BCUT2D eigenvalue weighted by Gasteiger charge is -2.03. The smallest absolute Gasteiger partial charge is 0.0995 e. The molecule has 0 aliphatic heterocycles. The van der Waals surface area contributed by atoms with Gasteiger partial charge in [0.15, 0.2) is 0 Å². The van der Waals surface area contributed by atoms with Crippen molar-refractivity contribution >= 4 is 27.5 Å². The minimum Gasteiger partial charge on any atom is -0.311 e. The number of rotatable bonds is 4. The van der Waals surface area contributed by atoms with Crippen molar-refractivity contribution < 1.29 is 0 Å². The lowest BCUT2D eigenvalue weighted by atomic mass is 10.3. The maximum atomic E-state index is 5.96. The molecule has 0 aliphatic rings. The van der Waals surface area contributed by atoms with Gasteiger partial charge in [-0.15, -0.1) is 0 Å². The Balaban J connectivity index is 2.21. The molecular formula is C12H13BrClN3. The molecule has 0 saturated heterocycles. The van der Waals surface area contributed by atoms with Crippen molar-refractivity contribution in [1.82, 2.24) is 14.9 Å². The maximum absolute atomic E-state index is 5.96. The normalized spacial score (nSPS) is 10.8. The highest BCUT2D eigenvalue weighted by atomic mass is 79.9. The molecule has 0 radical (unpaired) electrons. The van der Waals surface area contributed by atoms with E-state index < -0.39 is 0 Å². The van der Waals surface area contributed by atoms with Gasteiger partial charge in [-0.25, -0.2) is 4.98 Å². The molecule has 0 aliphatic carbocycles. The standard InChI is InChI=1S/C12H13BrClN3/c1-2-15-6-9-7-17(8-16-9)10-3-4-12(14)11(13)5-10/h3-5,7-8,15H,2,6H2,1H3. The molecule has 0 atom stereocenters. The van der Waals surface area contributed by atoms with Gasteiger partial charge in [-0.1, -0.05) is 18.5 Å². The van der Waals surface area contributed by atoms with Gasteiger partial charge in [0.05, 0.1) is 17.0 Å². The lowest BCUT2D eigenvalue weighted by Crippen LogP contribution is -2.11. The number of imidazole rings is 1. The third kappa shape index (κ3) is 3.09. The van der Waals surface area contributed by atoms with E-state index in [1.807, 2.05) is 35.3 Å². The Morgan fingerprint density at radius 1 is 1.47 bits per heavy atom. The predicted octanol–water partition coefficient (Wildman–Crippen LogP) is 3.40. The zero-order valence-corrected chi connectivity index (χ0v) is 11.8. The van der Waals surface area contributed by atoms with E-state index in [4.69, 9.17) is 11.6 Å². The number of halogens is 2. The number of nitrogens with zero attached hydrogens (tertiary/aromatic N) is 2. The highest BCUT2D eigenvalue weighted by Gasteiger charge is 2.03. The lowest BCUT2D eigenvalue weighted by molar-refractivity contribution is 0.713. The van der Waals surface area contributed by atoms with E-state index in [9.17, 15) is 0 Å². The van der Waals surface area contributed by atoms with Crippen LogP contribution < -0.4 is 5.32 Å². The topological polar surface area (TPSA) is 29.9 Å². The van der Waals surface area contributed by atoms with Gasteiger partial charge in [-0.3, -0.25) is 0 Å². The monoisotopic (exact) mass is 313 g/mol. The Kier molecular flexibility index (Phi) is 4.20. The molecular weight excluding hydrogens is 302 g/mol. The summed E-state index contributed by atoms with van der Waals surface area (Å²) in [5.74, 6) is 0. The first-order valence-corrected chi connectivity index (χ1v) is 6.57. The fourth-order valence-corrected chi connectivity index (χ4v) is 1.98.